The van der Waals surface area contributed by atoms with E-state index < -0.39 is 0 Å². The maximum absolute atomic E-state index is 9.35. The number of ether oxygens (including phenoxy) is 1. The van der Waals surface area contributed by atoms with Gasteiger partial charge in [0.2, 0.25) is 0 Å². The Hall–Kier alpha value is -2.73. The first-order chi connectivity index (χ1) is 12.7. The molecule has 5 nitrogen and oxygen atoms in total. The Kier molecular flexibility index (Phi) is 4.42. The summed E-state index contributed by atoms with van der Waals surface area (Å²) in [6.07, 6.45) is 3.01. The number of aryl methyl sites for hydroxylation is 2. The Morgan fingerprint density at radius 3 is 2.73 bits per heavy atom. The molecule has 0 radical (unpaired) electrons. The molecule has 0 spiro atoms. The van der Waals surface area contributed by atoms with Gasteiger partial charge in [-0.15, -0.1) is 11.3 Å². The van der Waals surface area contributed by atoms with E-state index in [1.165, 1.54) is 10.2 Å². The first-order valence-corrected chi connectivity index (χ1v) is 9.55. The lowest BCUT2D eigenvalue weighted by molar-refractivity contribution is 0.298. The summed E-state index contributed by atoms with van der Waals surface area (Å²) in [7, 11) is 2.09. The van der Waals surface area contributed by atoms with Crippen molar-refractivity contribution in [3.8, 4) is 23.0 Å². The number of fused-ring (bicyclic) bond motifs is 1. The van der Waals surface area contributed by atoms with Crippen LogP contribution in [0.2, 0.25) is 0 Å². The van der Waals surface area contributed by atoms with E-state index >= 15 is 0 Å². The molecule has 4 rings (SSSR count). The summed E-state index contributed by atoms with van der Waals surface area (Å²) < 4.78 is 11.4. The van der Waals surface area contributed by atoms with E-state index in [1.54, 1.807) is 35.6 Å². The second-order valence-electron chi connectivity index (χ2n) is 6.20. The van der Waals surface area contributed by atoms with E-state index in [2.05, 4.69) is 46.8 Å². The van der Waals surface area contributed by atoms with Crippen molar-refractivity contribution in [2.24, 2.45) is 7.05 Å². The topological polar surface area (TPSA) is 52.2 Å². The second kappa shape index (κ2) is 6.88. The van der Waals surface area contributed by atoms with Crippen molar-refractivity contribution in [3.05, 3.63) is 53.7 Å². The number of phenols is 1. The molecule has 0 aliphatic rings. The van der Waals surface area contributed by atoms with E-state index in [1.807, 2.05) is 0 Å². The normalized spacial score (nSPS) is 11.3. The van der Waals surface area contributed by atoms with E-state index in [0.717, 1.165) is 29.4 Å². The molecule has 134 valence electrons. The molecule has 0 bridgehead atoms. The molecular weight excluding hydrogens is 346 g/mol. The van der Waals surface area contributed by atoms with Crippen LogP contribution in [-0.4, -0.2) is 25.8 Å². The summed E-state index contributed by atoms with van der Waals surface area (Å²) in [5.41, 5.74) is 3.43. The first kappa shape index (κ1) is 16.7. The molecule has 4 aromatic rings. The van der Waals surface area contributed by atoms with Gasteiger partial charge in [0.25, 0.3) is 0 Å². The number of thiophene rings is 1. The molecule has 0 aliphatic heterocycles. The Morgan fingerprint density at radius 1 is 1.19 bits per heavy atom. The van der Waals surface area contributed by atoms with Gasteiger partial charge in [-0.2, -0.15) is 0 Å². The number of rotatable bonds is 6. The summed E-state index contributed by atoms with van der Waals surface area (Å²) in [6, 6.07) is 11.2. The predicted molar refractivity (Wildman–Crippen MR) is 105 cm³/mol. The maximum Gasteiger partial charge on any atom is 0.157 e. The van der Waals surface area contributed by atoms with E-state index in [9.17, 15) is 5.11 Å². The zero-order chi connectivity index (χ0) is 18.1. The molecule has 0 saturated carbocycles. The van der Waals surface area contributed by atoms with Crippen LogP contribution in [0.3, 0.4) is 0 Å². The lowest BCUT2D eigenvalue weighted by Crippen LogP contribution is -2.09. The summed E-state index contributed by atoms with van der Waals surface area (Å²) in [5, 5.41) is 11.5. The zero-order valence-corrected chi connectivity index (χ0v) is 15.7. The highest BCUT2D eigenvalue weighted by atomic mass is 32.1. The Labute approximate surface area is 156 Å². The van der Waals surface area contributed by atoms with Crippen molar-refractivity contribution in [2.45, 2.75) is 19.9 Å². The van der Waals surface area contributed by atoms with Crippen molar-refractivity contribution in [2.75, 3.05) is 6.61 Å². The molecule has 1 aromatic carbocycles. The summed E-state index contributed by atoms with van der Waals surface area (Å²) in [4.78, 5) is 4.83. The number of aromatic hydroxyl groups is 1. The van der Waals surface area contributed by atoms with Crippen molar-refractivity contribution in [1.29, 1.82) is 0 Å². The van der Waals surface area contributed by atoms with Crippen LogP contribution in [0.1, 0.15) is 12.6 Å². The molecule has 6 heteroatoms. The summed E-state index contributed by atoms with van der Waals surface area (Å²) in [5.74, 6) is 1.96. The van der Waals surface area contributed by atoms with E-state index in [-0.39, 0.29) is 5.75 Å². The van der Waals surface area contributed by atoms with Crippen LogP contribution >= 0.6 is 11.3 Å². The molecule has 3 heterocycles. The largest absolute Gasteiger partial charge is 0.508 e. The van der Waals surface area contributed by atoms with Crippen LogP contribution in [0.25, 0.3) is 21.7 Å². The minimum Gasteiger partial charge on any atom is -0.508 e. The van der Waals surface area contributed by atoms with Gasteiger partial charge in [-0.25, -0.2) is 4.98 Å². The van der Waals surface area contributed by atoms with Crippen molar-refractivity contribution in [3.63, 3.8) is 0 Å². The molecule has 3 aromatic heterocycles. The maximum atomic E-state index is 9.35. The molecule has 0 atom stereocenters. The number of imidazole rings is 1. The quantitative estimate of drug-likeness (QED) is 0.548. The Morgan fingerprint density at radius 2 is 2.00 bits per heavy atom. The third kappa shape index (κ3) is 3.08. The lowest BCUT2D eigenvalue weighted by atomic mass is 10.3. The fraction of sp³-hybridized carbons (Fsp3) is 0.250. The van der Waals surface area contributed by atoms with Crippen molar-refractivity contribution < 1.29 is 9.84 Å². The summed E-state index contributed by atoms with van der Waals surface area (Å²) >= 11 is 1.75. The van der Waals surface area contributed by atoms with Gasteiger partial charge in [-0.3, -0.25) is 0 Å². The van der Waals surface area contributed by atoms with Crippen LogP contribution in [0.4, 0.5) is 0 Å². The van der Waals surface area contributed by atoms with Crippen LogP contribution in [-0.2, 0) is 20.0 Å². The fourth-order valence-corrected chi connectivity index (χ4v) is 3.93. The second-order valence-corrected chi connectivity index (χ2v) is 7.15. The van der Waals surface area contributed by atoms with Gasteiger partial charge in [0, 0.05) is 13.2 Å². The molecule has 0 fully saturated rings. The highest BCUT2D eigenvalue weighted by Gasteiger charge is 2.15. The third-order valence-corrected chi connectivity index (χ3v) is 5.37. The number of hydrogen-bond acceptors (Lipinski definition) is 4. The lowest BCUT2D eigenvalue weighted by Gasteiger charge is -2.10. The van der Waals surface area contributed by atoms with Crippen LogP contribution in [0.5, 0.6) is 11.5 Å². The minimum absolute atomic E-state index is 0.241. The van der Waals surface area contributed by atoms with Crippen LogP contribution < -0.4 is 4.74 Å². The minimum atomic E-state index is 0.241. The molecule has 26 heavy (non-hydrogen) atoms. The Bertz CT molecular complexity index is 1030. The first-order valence-electron chi connectivity index (χ1n) is 8.67. The van der Waals surface area contributed by atoms with Crippen LogP contribution in [0.15, 0.2) is 48.0 Å². The standard InChI is InChI=1S/C20H21N3O2S/c1-3-14-13-23(9-10-25-16-6-4-15(24)5-7-16)20(21-14)18-12-19-17(22(18)2)8-11-26-19/h4-8,11-13,24H,3,9-10H2,1-2H3. The van der Waals surface area contributed by atoms with E-state index in [4.69, 9.17) is 9.72 Å². The molecule has 1 N–H and O–H groups in total. The third-order valence-electron chi connectivity index (χ3n) is 4.52. The monoisotopic (exact) mass is 367 g/mol. The molecule has 0 unspecified atom stereocenters. The van der Waals surface area contributed by atoms with Gasteiger partial charge >= 0.3 is 0 Å². The number of hydrogen-bond donors (Lipinski definition) is 1. The van der Waals surface area contributed by atoms with E-state index in [0.29, 0.717) is 13.2 Å². The van der Waals surface area contributed by atoms with Gasteiger partial charge in [0.15, 0.2) is 5.82 Å². The van der Waals surface area contributed by atoms with Crippen LogP contribution in [0, 0.1) is 0 Å². The van der Waals surface area contributed by atoms with Crippen molar-refractivity contribution in [1.82, 2.24) is 14.1 Å². The Balaban J connectivity index is 1.57. The number of benzene rings is 1. The van der Waals surface area contributed by atoms with Crippen molar-refractivity contribution >= 4 is 21.6 Å². The molecule has 0 saturated heterocycles. The fourth-order valence-electron chi connectivity index (χ4n) is 3.08. The number of nitrogens with zero attached hydrogens (tertiary/aromatic N) is 3. The molecule has 0 aliphatic carbocycles. The number of phenolic OH excluding ortho intramolecular Hbond substituents is 1. The summed E-state index contributed by atoms with van der Waals surface area (Å²) in [6.45, 7) is 3.37. The van der Waals surface area contributed by atoms with Gasteiger partial charge in [-0.1, -0.05) is 6.92 Å². The van der Waals surface area contributed by atoms with Gasteiger partial charge < -0.3 is 19.0 Å². The van der Waals surface area contributed by atoms with Gasteiger partial charge in [0.05, 0.1) is 28.1 Å². The smallest absolute Gasteiger partial charge is 0.157 e. The zero-order valence-electron chi connectivity index (χ0n) is 14.8. The molecular formula is C20H21N3O2S. The predicted octanol–water partition coefficient (Wildman–Crippen LogP) is 4.45. The average molecular weight is 367 g/mol. The highest BCUT2D eigenvalue weighted by Crippen LogP contribution is 2.30. The number of aromatic nitrogens is 3. The van der Waals surface area contributed by atoms with Gasteiger partial charge in [-0.05, 0) is 48.2 Å². The van der Waals surface area contributed by atoms with Gasteiger partial charge in [0.1, 0.15) is 18.1 Å². The SMILES string of the molecule is CCc1cn(CCOc2ccc(O)cc2)c(-c2cc3sccc3n2C)n1. The highest BCUT2D eigenvalue weighted by molar-refractivity contribution is 7.17. The molecule has 0 amide bonds. The average Bonchev–Trinajstić information content (AvgIpc) is 3.33.